The van der Waals surface area contributed by atoms with E-state index in [1.807, 2.05) is 42.5 Å². The number of rotatable bonds is 11. The van der Waals surface area contributed by atoms with Gasteiger partial charge in [-0.05, 0) is 50.6 Å². The smallest absolute Gasteiger partial charge is 0.271 e. The first kappa shape index (κ1) is 30.7. The lowest BCUT2D eigenvalue weighted by Gasteiger charge is -2.42. The van der Waals surface area contributed by atoms with Gasteiger partial charge >= 0.3 is 0 Å². The summed E-state index contributed by atoms with van der Waals surface area (Å²) >= 11 is 0. The standard InChI is InChI=1S/C31H42N8O3S/c1-37-18-20-39(21-19-37)26-13-16-38(17-14-26)25-11-9-24(10-12-25)34-31-28(29(32)40)35-27(23-7-4-3-5-8-23)30(36-31)33-15-6-22-43(2,41)42/h3-5,7-12,26H,6,13-22H2,1-2H3,(H2,32,40)(H2,33,34,36). The Hall–Kier alpha value is -3.74. The van der Waals surface area contributed by atoms with E-state index in [-0.39, 0.29) is 17.3 Å². The molecule has 12 heteroatoms. The molecule has 1 aromatic heterocycles. The summed E-state index contributed by atoms with van der Waals surface area (Å²) in [7, 11) is -0.892. The molecule has 5 rings (SSSR count). The van der Waals surface area contributed by atoms with Crippen LogP contribution in [-0.4, -0.2) is 105 Å². The fourth-order valence-corrected chi connectivity index (χ4v) is 6.39. The van der Waals surface area contributed by atoms with E-state index in [2.05, 4.69) is 49.5 Å². The molecular weight excluding hydrogens is 564 g/mol. The Kier molecular flexibility index (Phi) is 9.79. The molecule has 2 aliphatic heterocycles. The minimum absolute atomic E-state index is 0.0237. The number of benzene rings is 2. The highest BCUT2D eigenvalue weighted by molar-refractivity contribution is 7.90. The maximum absolute atomic E-state index is 12.5. The molecule has 0 bridgehead atoms. The number of nitrogens with one attached hydrogen (secondary N) is 2. The van der Waals surface area contributed by atoms with Crippen LogP contribution in [0.2, 0.25) is 0 Å². The van der Waals surface area contributed by atoms with Crippen LogP contribution in [0.1, 0.15) is 29.8 Å². The lowest BCUT2D eigenvalue weighted by Crippen LogP contribution is -2.52. The Morgan fingerprint density at radius 1 is 0.930 bits per heavy atom. The van der Waals surface area contributed by atoms with Crippen molar-refractivity contribution in [3.63, 3.8) is 0 Å². The predicted molar refractivity (Wildman–Crippen MR) is 173 cm³/mol. The lowest BCUT2D eigenvalue weighted by atomic mass is 10.0. The highest BCUT2D eigenvalue weighted by atomic mass is 32.2. The number of sulfone groups is 1. The van der Waals surface area contributed by atoms with Crippen LogP contribution < -0.4 is 21.3 Å². The molecule has 2 aromatic carbocycles. The average Bonchev–Trinajstić information content (AvgIpc) is 3.00. The van der Waals surface area contributed by atoms with Gasteiger partial charge in [-0.3, -0.25) is 9.69 Å². The SMILES string of the molecule is CN1CCN(C2CCN(c3ccc(Nc4nc(NCCCS(C)(=O)=O)c(-c5ccccc5)nc4C(N)=O)cc3)CC2)CC1. The van der Waals surface area contributed by atoms with Gasteiger partial charge in [0.25, 0.3) is 5.91 Å². The molecule has 0 spiro atoms. The number of aromatic nitrogens is 2. The quantitative estimate of drug-likeness (QED) is 0.279. The van der Waals surface area contributed by atoms with Crippen LogP contribution in [0, 0.1) is 0 Å². The van der Waals surface area contributed by atoms with Crippen LogP contribution in [0.5, 0.6) is 0 Å². The Labute approximate surface area is 254 Å². The van der Waals surface area contributed by atoms with Gasteiger partial charge in [-0.1, -0.05) is 30.3 Å². The van der Waals surface area contributed by atoms with Crippen LogP contribution in [0.15, 0.2) is 54.6 Å². The van der Waals surface area contributed by atoms with E-state index >= 15 is 0 Å². The molecule has 11 nitrogen and oxygen atoms in total. The van der Waals surface area contributed by atoms with Gasteiger partial charge in [0.15, 0.2) is 17.3 Å². The number of primary amides is 1. The fraction of sp³-hybridized carbons (Fsp3) is 0.452. The van der Waals surface area contributed by atoms with Crippen molar-refractivity contribution in [2.45, 2.75) is 25.3 Å². The van der Waals surface area contributed by atoms with Gasteiger partial charge in [-0.25, -0.2) is 18.4 Å². The van der Waals surface area contributed by atoms with Crippen LogP contribution in [0.4, 0.5) is 23.0 Å². The molecule has 43 heavy (non-hydrogen) atoms. The molecule has 4 N–H and O–H groups in total. The molecule has 2 aliphatic rings. The summed E-state index contributed by atoms with van der Waals surface area (Å²) in [4.78, 5) is 29.3. The molecule has 0 atom stereocenters. The third-order valence-electron chi connectivity index (χ3n) is 8.17. The highest BCUT2D eigenvalue weighted by Gasteiger charge is 2.27. The molecule has 2 saturated heterocycles. The van der Waals surface area contributed by atoms with Gasteiger partial charge in [-0.15, -0.1) is 0 Å². The van der Waals surface area contributed by atoms with E-state index in [1.54, 1.807) is 0 Å². The fourth-order valence-electron chi connectivity index (χ4n) is 5.72. The minimum atomic E-state index is -3.09. The van der Waals surface area contributed by atoms with E-state index in [9.17, 15) is 13.2 Å². The first-order chi connectivity index (χ1) is 20.7. The summed E-state index contributed by atoms with van der Waals surface area (Å²) in [5, 5.41) is 6.45. The molecule has 3 heterocycles. The van der Waals surface area contributed by atoms with Crippen LogP contribution in [-0.2, 0) is 9.84 Å². The molecular formula is C31H42N8O3S. The van der Waals surface area contributed by atoms with Crippen molar-refractivity contribution in [2.75, 3.05) is 80.4 Å². The first-order valence-electron chi connectivity index (χ1n) is 14.9. The number of anilines is 4. The van der Waals surface area contributed by atoms with Crippen molar-refractivity contribution in [3.05, 3.63) is 60.3 Å². The van der Waals surface area contributed by atoms with Crippen molar-refractivity contribution in [2.24, 2.45) is 5.73 Å². The van der Waals surface area contributed by atoms with Gasteiger partial charge in [-0.2, -0.15) is 0 Å². The van der Waals surface area contributed by atoms with E-state index < -0.39 is 15.7 Å². The zero-order valence-electron chi connectivity index (χ0n) is 25.0. The number of hydrogen-bond donors (Lipinski definition) is 3. The monoisotopic (exact) mass is 606 g/mol. The molecule has 3 aromatic rings. The van der Waals surface area contributed by atoms with Crippen LogP contribution in [0.25, 0.3) is 11.3 Å². The molecule has 0 radical (unpaired) electrons. The minimum Gasteiger partial charge on any atom is -0.371 e. The van der Waals surface area contributed by atoms with Gasteiger partial charge < -0.3 is 26.2 Å². The second-order valence-corrected chi connectivity index (χ2v) is 13.7. The number of nitrogens with two attached hydrogens (primary N) is 1. The zero-order valence-corrected chi connectivity index (χ0v) is 25.8. The number of hydrogen-bond acceptors (Lipinski definition) is 10. The first-order valence-corrected chi connectivity index (χ1v) is 17.0. The summed E-state index contributed by atoms with van der Waals surface area (Å²) in [5.74, 6) is 0.0274. The molecule has 0 saturated carbocycles. The van der Waals surface area contributed by atoms with E-state index in [0.717, 1.165) is 69.0 Å². The topological polar surface area (TPSA) is 137 Å². The maximum atomic E-state index is 12.5. The second-order valence-electron chi connectivity index (χ2n) is 11.5. The largest absolute Gasteiger partial charge is 0.371 e. The Balaban J connectivity index is 1.30. The molecule has 0 aliphatic carbocycles. The van der Waals surface area contributed by atoms with Gasteiger partial charge in [0, 0.05) is 75.0 Å². The van der Waals surface area contributed by atoms with Crippen molar-refractivity contribution in [3.8, 4) is 11.3 Å². The predicted octanol–water partition coefficient (Wildman–Crippen LogP) is 3.05. The van der Waals surface area contributed by atoms with Crippen LogP contribution >= 0.6 is 0 Å². The van der Waals surface area contributed by atoms with Crippen molar-refractivity contribution in [1.29, 1.82) is 0 Å². The number of amides is 1. The molecule has 2 fully saturated rings. The van der Waals surface area contributed by atoms with Crippen molar-refractivity contribution < 1.29 is 13.2 Å². The van der Waals surface area contributed by atoms with E-state index in [0.29, 0.717) is 30.5 Å². The number of nitrogens with zero attached hydrogens (tertiary/aromatic N) is 5. The summed E-state index contributed by atoms with van der Waals surface area (Å²) in [5.41, 5.74) is 8.91. The Morgan fingerprint density at radius 3 is 2.23 bits per heavy atom. The zero-order chi connectivity index (χ0) is 30.4. The third kappa shape index (κ3) is 8.21. The summed E-state index contributed by atoms with van der Waals surface area (Å²) in [6.45, 7) is 7.02. The maximum Gasteiger partial charge on any atom is 0.271 e. The highest BCUT2D eigenvalue weighted by Crippen LogP contribution is 2.30. The second kappa shape index (κ2) is 13.7. The number of carbonyl (C=O) groups excluding carboxylic acids is 1. The van der Waals surface area contributed by atoms with Gasteiger partial charge in [0.1, 0.15) is 15.5 Å². The summed E-state index contributed by atoms with van der Waals surface area (Å²) in [6, 6.07) is 18.1. The number of carbonyl (C=O) groups is 1. The van der Waals surface area contributed by atoms with E-state index in [4.69, 9.17) is 10.7 Å². The van der Waals surface area contributed by atoms with Crippen molar-refractivity contribution in [1.82, 2.24) is 19.8 Å². The van der Waals surface area contributed by atoms with E-state index in [1.165, 1.54) is 6.26 Å². The summed E-state index contributed by atoms with van der Waals surface area (Å²) < 4.78 is 23.2. The molecule has 230 valence electrons. The van der Waals surface area contributed by atoms with Crippen LogP contribution in [0.3, 0.4) is 0 Å². The third-order valence-corrected chi connectivity index (χ3v) is 9.20. The normalized spacial score (nSPS) is 17.1. The van der Waals surface area contributed by atoms with Gasteiger partial charge in [0.2, 0.25) is 0 Å². The van der Waals surface area contributed by atoms with Gasteiger partial charge in [0.05, 0.1) is 5.75 Å². The number of piperidine rings is 1. The number of piperazine rings is 1. The average molecular weight is 607 g/mol. The molecule has 1 amide bonds. The summed E-state index contributed by atoms with van der Waals surface area (Å²) in [6.07, 6.45) is 3.95. The molecule has 0 unspecified atom stereocenters. The Bertz CT molecular complexity index is 1490. The lowest BCUT2D eigenvalue weighted by molar-refractivity contribution is 0.0982. The number of likely N-dealkylation sites (N-methyl/N-ethyl adjacent to an activating group) is 1. The Morgan fingerprint density at radius 2 is 1.60 bits per heavy atom. The van der Waals surface area contributed by atoms with Crippen molar-refractivity contribution >= 4 is 38.8 Å².